The maximum atomic E-state index is 5.27. The highest BCUT2D eigenvalue weighted by atomic mass is 32.1. The van der Waals surface area contributed by atoms with Gasteiger partial charge in [-0.25, -0.2) is 4.98 Å². The van der Waals surface area contributed by atoms with Crippen LogP contribution in [0.4, 0.5) is 0 Å². The van der Waals surface area contributed by atoms with Crippen LogP contribution in [0.2, 0.25) is 0 Å². The zero-order valence-corrected chi connectivity index (χ0v) is 13.6. The van der Waals surface area contributed by atoms with Crippen LogP contribution in [0.5, 0.6) is 0 Å². The highest BCUT2D eigenvalue weighted by molar-refractivity contribution is 7.11. The lowest BCUT2D eigenvalue weighted by molar-refractivity contribution is 0.181. The average molecular weight is 284 g/mol. The lowest BCUT2D eigenvalue weighted by Crippen LogP contribution is -2.14. The number of unbranched alkanes of at least 4 members (excludes halogenated alkanes) is 1. The predicted molar refractivity (Wildman–Crippen MR) is 82.8 cm³/mol. The Balaban J connectivity index is 2.70. The molecule has 0 aliphatic carbocycles. The Bertz CT molecular complexity index is 348. The van der Waals surface area contributed by atoms with Gasteiger partial charge in [0.25, 0.3) is 0 Å². The molecule has 0 unspecified atom stereocenters. The van der Waals surface area contributed by atoms with E-state index in [0.29, 0.717) is 12.5 Å². The summed E-state index contributed by atoms with van der Waals surface area (Å²) in [6, 6.07) is 0. The Hall–Kier alpha value is -0.450. The van der Waals surface area contributed by atoms with Crippen LogP contribution in [0.3, 0.4) is 0 Å². The van der Waals surface area contributed by atoms with E-state index in [1.165, 1.54) is 35.6 Å². The molecule has 0 aromatic carbocycles. The molecular formula is C15H28N2OS. The summed E-state index contributed by atoms with van der Waals surface area (Å²) in [6.45, 7) is 9.34. The van der Waals surface area contributed by atoms with E-state index in [4.69, 9.17) is 9.72 Å². The summed E-state index contributed by atoms with van der Waals surface area (Å²) in [5, 5.41) is 4.79. The maximum absolute atomic E-state index is 5.27. The topological polar surface area (TPSA) is 34.2 Å². The summed E-state index contributed by atoms with van der Waals surface area (Å²) in [5.74, 6) is 0.602. The molecule has 110 valence electrons. The van der Waals surface area contributed by atoms with Crippen molar-refractivity contribution in [2.75, 3.05) is 13.7 Å². The molecule has 1 rings (SSSR count). The van der Waals surface area contributed by atoms with Crippen molar-refractivity contribution in [3.8, 4) is 0 Å². The van der Waals surface area contributed by atoms with Crippen LogP contribution in [-0.2, 0) is 17.9 Å². The minimum absolute atomic E-state index is 0.602. The van der Waals surface area contributed by atoms with Crippen molar-refractivity contribution in [2.24, 2.45) is 0 Å². The first kappa shape index (κ1) is 16.6. The van der Waals surface area contributed by atoms with E-state index in [2.05, 4.69) is 26.1 Å². The Morgan fingerprint density at radius 1 is 1.26 bits per heavy atom. The van der Waals surface area contributed by atoms with Crippen molar-refractivity contribution in [3.63, 3.8) is 0 Å². The SMILES string of the molecule is CCCCNCc1sc(C(CC)CC)nc1COC. The van der Waals surface area contributed by atoms with Gasteiger partial charge in [-0.1, -0.05) is 27.2 Å². The lowest BCUT2D eigenvalue weighted by Gasteiger charge is -2.07. The first-order chi connectivity index (χ1) is 9.26. The second-order valence-electron chi connectivity index (χ2n) is 4.90. The number of nitrogens with one attached hydrogen (secondary N) is 1. The molecule has 0 radical (unpaired) electrons. The predicted octanol–water partition coefficient (Wildman–Crippen LogP) is 4.08. The van der Waals surface area contributed by atoms with Crippen molar-refractivity contribution in [2.45, 2.75) is 65.5 Å². The molecule has 0 aliphatic heterocycles. The molecule has 0 saturated heterocycles. The molecule has 0 atom stereocenters. The van der Waals surface area contributed by atoms with E-state index < -0.39 is 0 Å². The molecule has 19 heavy (non-hydrogen) atoms. The van der Waals surface area contributed by atoms with E-state index in [0.717, 1.165) is 18.8 Å². The number of nitrogens with zero attached hydrogens (tertiary/aromatic N) is 1. The van der Waals surface area contributed by atoms with Crippen LogP contribution in [0.1, 0.15) is 68.0 Å². The number of rotatable bonds is 10. The Kier molecular flexibility index (Phi) is 8.26. The molecular weight excluding hydrogens is 256 g/mol. The fraction of sp³-hybridized carbons (Fsp3) is 0.800. The highest BCUT2D eigenvalue weighted by Crippen LogP contribution is 2.30. The molecule has 0 spiro atoms. The number of aromatic nitrogens is 1. The summed E-state index contributed by atoms with van der Waals surface area (Å²) < 4.78 is 5.27. The Morgan fingerprint density at radius 2 is 2.00 bits per heavy atom. The number of thiazole rings is 1. The van der Waals surface area contributed by atoms with Crippen LogP contribution >= 0.6 is 11.3 Å². The highest BCUT2D eigenvalue weighted by Gasteiger charge is 2.16. The van der Waals surface area contributed by atoms with E-state index in [9.17, 15) is 0 Å². The zero-order chi connectivity index (χ0) is 14.1. The van der Waals surface area contributed by atoms with Crippen LogP contribution < -0.4 is 5.32 Å². The summed E-state index contributed by atoms with van der Waals surface area (Å²) in [7, 11) is 1.74. The third-order valence-corrected chi connectivity index (χ3v) is 4.66. The lowest BCUT2D eigenvalue weighted by atomic mass is 10.1. The molecule has 0 fully saturated rings. The standard InChI is InChI=1S/C15H28N2OS/c1-5-8-9-16-10-14-13(11-18-4)17-15(19-14)12(6-2)7-3/h12,16H,5-11H2,1-4H3. The molecule has 3 nitrogen and oxygen atoms in total. The van der Waals surface area contributed by atoms with Crippen molar-refractivity contribution >= 4 is 11.3 Å². The van der Waals surface area contributed by atoms with Gasteiger partial charge in [0.1, 0.15) is 0 Å². The van der Waals surface area contributed by atoms with Gasteiger partial charge < -0.3 is 10.1 Å². The van der Waals surface area contributed by atoms with Gasteiger partial charge >= 0.3 is 0 Å². The molecule has 0 bridgehead atoms. The van der Waals surface area contributed by atoms with Gasteiger partial charge in [0.05, 0.1) is 17.3 Å². The molecule has 0 amide bonds. The molecule has 1 heterocycles. The van der Waals surface area contributed by atoms with Gasteiger partial charge in [-0.05, 0) is 25.8 Å². The summed E-state index contributed by atoms with van der Waals surface area (Å²) in [5.41, 5.74) is 1.12. The fourth-order valence-corrected chi connectivity index (χ4v) is 3.41. The summed E-state index contributed by atoms with van der Waals surface area (Å²) in [6.07, 6.45) is 4.80. The molecule has 0 aliphatic rings. The smallest absolute Gasteiger partial charge is 0.0963 e. The number of hydrogen-bond acceptors (Lipinski definition) is 4. The molecule has 1 aromatic heterocycles. The molecule has 0 saturated carbocycles. The van der Waals surface area contributed by atoms with Gasteiger partial charge in [-0.3, -0.25) is 0 Å². The second kappa shape index (κ2) is 9.45. The summed E-state index contributed by atoms with van der Waals surface area (Å²) in [4.78, 5) is 6.14. The van der Waals surface area contributed by atoms with E-state index in [1.54, 1.807) is 7.11 Å². The van der Waals surface area contributed by atoms with Gasteiger partial charge in [-0.2, -0.15) is 0 Å². The maximum Gasteiger partial charge on any atom is 0.0963 e. The Labute approximate surface area is 121 Å². The number of ether oxygens (including phenoxy) is 1. The molecule has 1 aromatic rings. The van der Waals surface area contributed by atoms with Crippen molar-refractivity contribution in [1.82, 2.24) is 10.3 Å². The van der Waals surface area contributed by atoms with Crippen molar-refractivity contribution < 1.29 is 4.74 Å². The first-order valence-corrected chi connectivity index (χ1v) is 8.26. The van der Waals surface area contributed by atoms with E-state index in [-0.39, 0.29) is 0 Å². The number of hydrogen-bond donors (Lipinski definition) is 1. The number of methoxy groups -OCH3 is 1. The minimum Gasteiger partial charge on any atom is -0.378 e. The van der Waals surface area contributed by atoms with Gasteiger partial charge in [0.15, 0.2) is 0 Å². The fourth-order valence-electron chi connectivity index (χ4n) is 2.11. The first-order valence-electron chi connectivity index (χ1n) is 7.44. The van der Waals surface area contributed by atoms with Crippen LogP contribution in [0, 0.1) is 0 Å². The van der Waals surface area contributed by atoms with Crippen LogP contribution in [-0.4, -0.2) is 18.6 Å². The van der Waals surface area contributed by atoms with Crippen LogP contribution in [0.25, 0.3) is 0 Å². The molecule has 4 heteroatoms. The van der Waals surface area contributed by atoms with Gasteiger partial charge in [0, 0.05) is 24.4 Å². The second-order valence-corrected chi connectivity index (χ2v) is 6.01. The van der Waals surface area contributed by atoms with Crippen molar-refractivity contribution in [1.29, 1.82) is 0 Å². The monoisotopic (exact) mass is 284 g/mol. The van der Waals surface area contributed by atoms with E-state index in [1.807, 2.05) is 11.3 Å². The van der Waals surface area contributed by atoms with Gasteiger partial charge in [0.2, 0.25) is 0 Å². The largest absolute Gasteiger partial charge is 0.378 e. The normalized spacial score (nSPS) is 11.4. The van der Waals surface area contributed by atoms with Gasteiger partial charge in [-0.15, -0.1) is 11.3 Å². The Morgan fingerprint density at radius 3 is 2.58 bits per heavy atom. The summed E-state index contributed by atoms with van der Waals surface area (Å²) >= 11 is 1.86. The van der Waals surface area contributed by atoms with Crippen LogP contribution in [0.15, 0.2) is 0 Å². The quantitative estimate of drug-likeness (QED) is 0.657. The zero-order valence-electron chi connectivity index (χ0n) is 12.8. The van der Waals surface area contributed by atoms with E-state index >= 15 is 0 Å². The minimum atomic E-state index is 0.602. The average Bonchev–Trinajstić information content (AvgIpc) is 2.80. The molecule has 1 N–H and O–H groups in total. The van der Waals surface area contributed by atoms with Crippen molar-refractivity contribution in [3.05, 3.63) is 15.6 Å². The third kappa shape index (κ3) is 5.21. The third-order valence-electron chi connectivity index (χ3n) is 3.40.